The Hall–Kier alpha value is -2.08. The molecule has 0 fully saturated rings. The third-order valence-electron chi connectivity index (χ3n) is 3.06. The number of carbonyl (C=O) groups excluding carboxylic acids is 2. The maximum Gasteiger partial charge on any atom is 0.254 e. The van der Waals surface area contributed by atoms with E-state index in [9.17, 15) is 9.59 Å². The molecular weight excluding hydrogens is 248 g/mol. The third kappa shape index (κ3) is 2.39. The average molecular weight is 264 g/mol. The maximum absolute atomic E-state index is 11.8. The zero-order chi connectivity index (χ0) is 14.0. The summed E-state index contributed by atoms with van der Waals surface area (Å²) in [6, 6.07) is 3.19. The highest BCUT2D eigenvalue weighted by Crippen LogP contribution is 2.33. The van der Waals surface area contributed by atoms with Crippen LogP contribution >= 0.6 is 0 Å². The van der Waals surface area contributed by atoms with E-state index in [1.807, 2.05) is 0 Å². The van der Waals surface area contributed by atoms with Crippen molar-refractivity contribution >= 4 is 11.8 Å². The molecule has 1 aliphatic rings. The summed E-state index contributed by atoms with van der Waals surface area (Å²) in [5.74, 6) is -0.132. The summed E-state index contributed by atoms with van der Waals surface area (Å²) < 4.78 is 5.54. The summed E-state index contributed by atoms with van der Waals surface area (Å²) in [5.41, 5.74) is 1.48. The van der Waals surface area contributed by atoms with Crippen molar-refractivity contribution in [2.24, 2.45) is 0 Å². The first-order chi connectivity index (χ1) is 9.10. The number of hydrogen-bond donors (Lipinski definition) is 3. The molecule has 0 bridgehead atoms. The molecule has 1 aromatic carbocycles. The smallest absolute Gasteiger partial charge is 0.254 e. The van der Waals surface area contributed by atoms with Gasteiger partial charge in [-0.15, -0.1) is 0 Å². The number of rotatable bonds is 3. The molecule has 19 heavy (non-hydrogen) atoms. The largest absolute Gasteiger partial charge is 0.487 e. The second-order valence-electron chi connectivity index (χ2n) is 4.30. The van der Waals surface area contributed by atoms with Crippen LogP contribution in [0.25, 0.3) is 0 Å². The van der Waals surface area contributed by atoms with Crippen molar-refractivity contribution in [2.45, 2.75) is 12.5 Å². The standard InChI is InChI=1S/C13H16N2O4/c1-14-12(17)8-3-7-4-9(6-16)19-11(7)10(5-8)13(18)15-2/h3,5,9,16H,4,6H2,1-2H3,(H,14,17)(H,15,18). The van der Waals surface area contributed by atoms with Gasteiger partial charge >= 0.3 is 0 Å². The van der Waals surface area contributed by atoms with Gasteiger partial charge < -0.3 is 20.5 Å². The lowest BCUT2D eigenvalue weighted by atomic mass is 10.0. The monoisotopic (exact) mass is 264 g/mol. The Bertz CT molecular complexity index is 528. The number of fused-ring (bicyclic) bond motifs is 1. The van der Waals surface area contributed by atoms with Gasteiger partial charge in [0.2, 0.25) is 0 Å². The molecule has 1 heterocycles. The van der Waals surface area contributed by atoms with Crippen molar-refractivity contribution < 1.29 is 19.4 Å². The summed E-state index contributed by atoms with van der Waals surface area (Å²) >= 11 is 0. The van der Waals surface area contributed by atoms with Crippen molar-refractivity contribution in [3.63, 3.8) is 0 Å². The average Bonchev–Trinajstić information content (AvgIpc) is 2.87. The second kappa shape index (κ2) is 5.27. The van der Waals surface area contributed by atoms with Crippen LogP contribution in [0.1, 0.15) is 26.3 Å². The van der Waals surface area contributed by atoms with E-state index in [0.717, 1.165) is 5.56 Å². The summed E-state index contributed by atoms with van der Waals surface area (Å²) in [6.45, 7) is -0.128. The summed E-state index contributed by atoms with van der Waals surface area (Å²) in [4.78, 5) is 23.5. The van der Waals surface area contributed by atoms with Gasteiger partial charge in [0.15, 0.2) is 0 Å². The predicted molar refractivity (Wildman–Crippen MR) is 68.4 cm³/mol. The first-order valence-electron chi connectivity index (χ1n) is 5.99. The fourth-order valence-electron chi connectivity index (χ4n) is 2.11. The highest BCUT2D eigenvalue weighted by Gasteiger charge is 2.28. The SMILES string of the molecule is CNC(=O)c1cc2c(c(C(=O)NC)c1)OC(CO)C2. The number of aliphatic hydroxyl groups is 1. The molecule has 0 saturated heterocycles. The van der Waals surface area contributed by atoms with E-state index in [2.05, 4.69) is 10.6 Å². The Morgan fingerprint density at radius 3 is 2.58 bits per heavy atom. The molecule has 3 N–H and O–H groups in total. The van der Waals surface area contributed by atoms with Crippen LogP contribution in [0.4, 0.5) is 0 Å². The van der Waals surface area contributed by atoms with Gasteiger partial charge in [0, 0.05) is 26.1 Å². The van der Waals surface area contributed by atoms with Gasteiger partial charge in [0.05, 0.1) is 12.2 Å². The Kier molecular flexibility index (Phi) is 3.71. The Morgan fingerprint density at radius 2 is 2.00 bits per heavy atom. The third-order valence-corrected chi connectivity index (χ3v) is 3.06. The minimum atomic E-state index is -0.363. The van der Waals surface area contributed by atoms with Crippen LogP contribution in [0.3, 0.4) is 0 Å². The van der Waals surface area contributed by atoms with Gasteiger partial charge in [0.25, 0.3) is 11.8 Å². The zero-order valence-electron chi connectivity index (χ0n) is 10.8. The Morgan fingerprint density at radius 1 is 1.32 bits per heavy atom. The summed E-state index contributed by atoms with van der Waals surface area (Å²) in [7, 11) is 3.04. The lowest BCUT2D eigenvalue weighted by molar-refractivity contribution is 0.0951. The normalized spacial score (nSPS) is 16.5. The quantitative estimate of drug-likeness (QED) is 0.699. The van der Waals surface area contributed by atoms with Crippen LogP contribution in [0.5, 0.6) is 5.75 Å². The van der Waals surface area contributed by atoms with E-state index in [1.54, 1.807) is 6.07 Å². The molecule has 0 aliphatic carbocycles. The first-order valence-corrected chi connectivity index (χ1v) is 5.99. The number of carbonyl (C=O) groups is 2. The number of aliphatic hydroxyl groups excluding tert-OH is 1. The van der Waals surface area contributed by atoms with E-state index in [0.29, 0.717) is 23.3 Å². The van der Waals surface area contributed by atoms with Gasteiger partial charge in [-0.25, -0.2) is 0 Å². The van der Waals surface area contributed by atoms with Crippen LogP contribution < -0.4 is 15.4 Å². The molecule has 1 unspecified atom stereocenters. The number of amides is 2. The highest BCUT2D eigenvalue weighted by atomic mass is 16.5. The molecule has 0 radical (unpaired) electrons. The fraction of sp³-hybridized carbons (Fsp3) is 0.385. The fourth-order valence-corrected chi connectivity index (χ4v) is 2.11. The topological polar surface area (TPSA) is 87.7 Å². The second-order valence-corrected chi connectivity index (χ2v) is 4.30. The minimum Gasteiger partial charge on any atom is -0.487 e. The molecule has 102 valence electrons. The lowest BCUT2D eigenvalue weighted by Crippen LogP contribution is -2.22. The lowest BCUT2D eigenvalue weighted by Gasteiger charge is -2.10. The van der Waals surface area contributed by atoms with Gasteiger partial charge in [-0.1, -0.05) is 0 Å². The highest BCUT2D eigenvalue weighted by molar-refractivity contribution is 6.02. The van der Waals surface area contributed by atoms with Crippen molar-refractivity contribution in [1.82, 2.24) is 10.6 Å². The van der Waals surface area contributed by atoms with Crippen LogP contribution in [-0.2, 0) is 6.42 Å². The van der Waals surface area contributed by atoms with Crippen LogP contribution in [0, 0.1) is 0 Å². The van der Waals surface area contributed by atoms with Crippen molar-refractivity contribution in [3.05, 3.63) is 28.8 Å². The first kappa shape index (κ1) is 13.4. The zero-order valence-corrected chi connectivity index (χ0v) is 10.8. The van der Waals surface area contributed by atoms with Gasteiger partial charge in [-0.3, -0.25) is 9.59 Å². The van der Waals surface area contributed by atoms with Crippen molar-refractivity contribution in [3.8, 4) is 5.75 Å². The van der Waals surface area contributed by atoms with E-state index >= 15 is 0 Å². The Labute approximate surface area is 110 Å². The Balaban J connectivity index is 2.50. The molecule has 2 rings (SSSR count). The van der Waals surface area contributed by atoms with Crippen molar-refractivity contribution in [2.75, 3.05) is 20.7 Å². The molecule has 6 nitrogen and oxygen atoms in total. The van der Waals surface area contributed by atoms with E-state index in [1.165, 1.54) is 20.2 Å². The molecule has 0 spiro atoms. The summed E-state index contributed by atoms with van der Waals surface area (Å²) in [5, 5.41) is 14.2. The van der Waals surface area contributed by atoms with Crippen LogP contribution in [-0.4, -0.2) is 43.7 Å². The van der Waals surface area contributed by atoms with E-state index < -0.39 is 0 Å². The van der Waals surface area contributed by atoms with Crippen LogP contribution in [0.15, 0.2) is 12.1 Å². The van der Waals surface area contributed by atoms with Crippen molar-refractivity contribution in [1.29, 1.82) is 0 Å². The number of nitrogens with one attached hydrogen (secondary N) is 2. The van der Waals surface area contributed by atoms with Gasteiger partial charge in [0.1, 0.15) is 11.9 Å². The molecule has 1 aliphatic heterocycles. The molecule has 0 aromatic heterocycles. The molecule has 1 aromatic rings. The van der Waals surface area contributed by atoms with Gasteiger partial charge in [-0.05, 0) is 17.7 Å². The minimum absolute atomic E-state index is 0.128. The van der Waals surface area contributed by atoms with E-state index in [4.69, 9.17) is 9.84 Å². The number of hydrogen-bond acceptors (Lipinski definition) is 4. The molecule has 6 heteroatoms. The van der Waals surface area contributed by atoms with Crippen LogP contribution in [0.2, 0.25) is 0 Å². The maximum atomic E-state index is 11.8. The van der Waals surface area contributed by atoms with Gasteiger partial charge in [-0.2, -0.15) is 0 Å². The molecular formula is C13H16N2O4. The summed E-state index contributed by atoms with van der Waals surface area (Å²) in [6.07, 6.45) is 0.124. The molecule has 2 amide bonds. The number of benzene rings is 1. The predicted octanol–water partition coefficient (Wildman–Crippen LogP) is -0.298. The number of ether oxygens (including phenoxy) is 1. The molecule has 0 saturated carbocycles. The molecule has 1 atom stereocenters. The van der Waals surface area contributed by atoms with E-state index in [-0.39, 0.29) is 24.5 Å².